The second kappa shape index (κ2) is 11.0. The standard InChI is InChI=1S/C27H25BrN8O5/c28-15-8-9-17-16(11-15)20(38)25(35(17)10-4-7-14-5-2-1-3-6-14)33-34-27-32-19-23(29)30-13-31-24(19)36(27)26-22(40)21(39)18(12-37)41-26/h1-9,11,13,18,21-22,26,37-40H,10,12H2,(H2,29,30,31). The number of halogens is 1. The van der Waals surface area contributed by atoms with E-state index in [9.17, 15) is 20.4 Å². The lowest BCUT2D eigenvalue weighted by Gasteiger charge is -2.17. The van der Waals surface area contributed by atoms with Crippen molar-refractivity contribution >= 4 is 61.7 Å². The molecule has 1 fully saturated rings. The molecule has 210 valence electrons. The number of hydrogen-bond acceptors (Lipinski definition) is 11. The van der Waals surface area contributed by atoms with Gasteiger partial charge in [-0.05, 0) is 23.8 Å². The van der Waals surface area contributed by atoms with E-state index in [0.29, 0.717) is 11.9 Å². The zero-order valence-electron chi connectivity index (χ0n) is 21.4. The number of nitrogen functional groups attached to an aromatic ring is 1. The molecular weight excluding hydrogens is 596 g/mol. The summed E-state index contributed by atoms with van der Waals surface area (Å²) in [6.45, 7) is -0.152. The molecule has 0 amide bonds. The van der Waals surface area contributed by atoms with E-state index in [1.54, 1.807) is 10.6 Å². The van der Waals surface area contributed by atoms with Gasteiger partial charge in [0.15, 0.2) is 34.8 Å². The minimum absolute atomic E-state index is 0.0600. The summed E-state index contributed by atoms with van der Waals surface area (Å²) in [5, 5.41) is 51.1. The van der Waals surface area contributed by atoms with Gasteiger partial charge in [-0.25, -0.2) is 15.0 Å². The Hall–Kier alpha value is -4.21. The topological polar surface area (TPSA) is 189 Å². The van der Waals surface area contributed by atoms with Crippen molar-refractivity contribution in [3.05, 3.63) is 71.0 Å². The quantitative estimate of drug-likeness (QED) is 0.169. The third-order valence-corrected chi connectivity index (χ3v) is 7.36. The number of benzene rings is 2. The van der Waals surface area contributed by atoms with Crippen LogP contribution in [-0.2, 0) is 11.3 Å². The van der Waals surface area contributed by atoms with Gasteiger partial charge in [-0.3, -0.25) is 4.57 Å². The molecule has 4 unspecified atom stereocenters. The van der Waals surface area contributed by atoms with Gasteiger partial charge in [0.05, 0.1) is 12.1 Å². The number of aliphatic hydroxyl groups is 3. The van der Waals surface area contributed by atoms with Crippen molar-refractivity contribution in [3.8, 4) is 5.75 Å². The highest BCUT2D eigenvalue weighted by molar-refractivity contribution is 9.10. The van der Waals surface area contributed by atoms with Gasteiger partial charge in [0.2, 0.25) is 0 Å². The molecule has 0 bridgehead atoms. The summed E-state index contributed by atoms with van der Waals surface area (Å²) in [5.41, 5.74) is 8.13. The molecule has 1 saturated heterocycles. The number of hydrogen-bond donors (Lipinski definition) is 5. The Labute approximate surface area is 241 Å². The zero-order chi connectivity index (χ0) is 28.7. The highest BCUT2D eigenvalue weighted by atomic mass is 79.9. The first-order chi connectivity index (χ1) is 19.9. The predicted octanol–water partition coefficient (Wildman–Crippen LogP) is 3.57. The van der Waals surface area contributed by atoms with E-state index in [4.69, 9.17) is 10.5 Å². The van der Waals surface area contributed by atoms with Crippen molar-refractivity contribution in [1.29, 1.82) is 0 Å². The monoisotopic (exact) mass is 620 g/mol. The van der Waals surface area contributed by atoms with Crippen LogP contribution in [0.5, 0.6) is 5.75 Å². The number of ether oxygens (including phenoxy) is 1. The van der Waals surface area contributed by atoms with Crippen LogP contribution in [0.25, 0.3) is 28.1 Å². The van der Waals surface area contributed by atoms with Gasteiger partial charge in [0.25, 0.3) is 5.95 Å². The number of fused-ring (bicyclic) bond motifs is 2. The molecule has 0 saturated carbocycles. The first kappa shape index (κ1) is 27.0. The number of aromatic nitrogens is 5. The molecule has 6 rings (SSSR count). The fourth-order valence-corrected chi connectivity index (χ4v) is 5.21. The predicted molar refractivity (Wildman–Crippen MR) is 154 cm³/mol. The number of azo groups is 1. The van der Waals surface area contributed by atoms with E-state index in [2.05, 4.69) is 41.1 Å². The minimum Gasteiger partial charge on any atom is -0.504 e. The first-order valence-corrected chi connectivity index (χ1v) is 13.4. The second-order valence-corrected chi connectivity index (χ2v) is 10.3. The molecule has 0 aliphatic carbocycles. The second-order valence-electron chi connectivity index (χ2n) is 9.40. The normalized spacial score (nSPS) is 21.3. The molecule has 14 heteroatoms. The lowest BCUT2D eigenvalue weighted by atomic mass is 10.1. The summed E-state index contributed by atoms with van der Waals surface area (Å²) in [7, 11) is 0. The van der Waals surface area contributed by atoms with Crippen molar-refractivity contribution in [3.63, 3.8) is 0 Å². The summed E-state index contributed by atoms with van der Waals surface area (Å²) < 4.78 is 9.63. The maximum Gasteiger partial charge on any atom is 0.254 e. The highest BCUT2D eigenvalue weighted by Crippen LogP contribution is 2.41. The summed E-state index contributed by atoms with van der Waals surface area (Å²) in [4.78, 5) is 12.6. The van der Waals surface area contributed by atoms with Crippen LogP contribution in [0.15, 0.2) is 75.6 Å². The van der Waals surface area contributed by atoms with Crippen LogP contribution in [0.2, 0.25) is 0 Å². The van der Waals surface area contributed by atoms with Gasteiger partial charge in [0, 0.05) is 16.4 Å². The van der Waals surface area contributed by atoms with Gasteiger partial charge < -0.3 is 35.5 Å². The number of aromatic hydroxyl groups is 1. The molecule has 4 atom stereocenters. The third-order valence-electron chi connectivity index (χ3n) is 6.86. The largest absolute Gasteiger partial charge is 0.504 e. The van der Waals surface area contributed by atoms with Gasteiger partial charge >= 0.3 is 0 Å². The van der Waals surface area contributed by atoms with Crippen molar-refractivity contribution in [1.82, 2.24) is 24.1 Å². The molecular formula is C27H25BrN8O5. The lowest BCUT2D eigenvalue weighted by Crippen LogP contribution is -2.33. The van der Waals surface area contributed by atoms with E-state index in [1.165, 1.54) is 10.9 Å². The molecule has 1 aliphatic rings. The van der Waals surface area contributed by atoms with Crippen LogP contribution < -0.4 is 5.73 Å². The Morgan fingerprint density at radius 2 is 1.88 bits per heavy atom. The van der Waals surface area contributed by atoms with Crippen molar-refractivity contribution in [2.75, 3.05) is 12.3 Å². The van der Waals surface area contributed by atoms with Gasteiger partial charge in [-0.2, -0.15) is 0 Å². The number of nitrogens with two attached hydrogens (primary N) is 1. The Bertz CT molecular complexity index is 1790. The fourth-order valence-electron chi connectivity index (χ4n) is 4.85. The number of nitrogens with zero attached hydrogens (tertiary/aromatic N) is 7. The van der Waals surface area contributed by atoms with E-state index >= 15 is 0 Å². The van der Waals surface area contributed by atoms with Crippen molar-refractivity contribution < 1.29 is 25.2 Å². The van der Waals surface area contributed by atoms with Gasteiger partial charge in [0.1, 0.15) is 24.6 Å². The van der Waals surface area contributed by atoms with Crippen LogP contribution in [0, 0.1) is 0 Å². The molecule has 3 aromatic heterocycles. The summed E-state index contributed by atoms with van der Waals surface area (Å²) >= 11 is 3.45. The fraction of sp³-hybridized carbons (Fsp3) is 0.222. The number of rotatable bonds is 7. The maximum absolute atomic E-state index is 11.2. The maximum atomic E-state index is 11.2. The molecule has 6 N–H and O–H groups in total. The van der Waals surface area contributed by atoms with Crippen LogP contribution in [0.1, 0.15) is 11.8 Å². The third kappa shape index (κ3) is 4.85. The Kier molecular flexibility index (Phi) is 7.23. The molecule has 5 aromatic rings. The highest BCUT2D eigenvalue weighted by Gasteiger charge is 2.45. The van der Waals surface area contributed by atoms with Crippen LogP contribution >= 0.6 is 15.9 Å². The van der Waals surface area contributed by atoms with E-state index in [-0.39, 0.29) is 34.5 Å². The van der Waals surface area contributed by atoms with Crippen LogP contribution in [-0.4, -0.2) is 69.4 Å². The molecule has 2 aromatic carbocycles. The van der Waals surface area contributed by atoms with Gasteiger partial charge in [-0.15, -0.1) is 10.2 Å². The minimum atomic E-state index is -1.44. The van der Waals surface area contributed by atoms with Crippen molar-refractivity contribution in [2.45, 2.75) is 31.1 Å². The molecule has 0 radical (unpaired) electrons. The zero-order valence-corrected chi connectivity index (χ0v) is 22.9. The summed E-state index contributed by atoms with van der Waals surface area (Å²) in [6.07, 6.45) is 0.0736. The lowest BCUT2D eigenvalue weighted by molar-refractivity contribution is -0.0503. The number of allylic oxidation sites excluding steroid dienone is 1. The first-order valence-electron chi connectivity index (χ1n) is 12.6. The molecule has 4 heterocycles. The average Bonchev–Trinajstić information content (AvgIpc) is 3.57. The number of anilines is 1. The van der Waals surface area contributed by atoms with E-state index in [1.807, 2.05) is 54.6 Å². The molecule has 0 spiro atoms. The number of imidazole rings is 1. The van der Waals surface area contributed by atoms with Crippen molar-refractivity contribution in [2.24, 2.45) is 10.2 Å². The smallest absolute Gasteiger partial charge is 0.254 e. The molecule has 41 heavy (non-hydrogen) atoms. The SMILES string of the molecule is Nc1ncnc2c1nc(N=Nc1c(O)c3cc(Br)ccc3n1CC=Cc1ccccc1)n2C1OC(CO)C(O)C1O. The average molecular weight is 621 g/mol. The van der Waals surface area contributed by atoms with E-state index in [0.717, 1.165) is 15.6 Å². The Balaban J connectivity index is 1.46. The van der Waals surface area contributed by atoms with Crippen LogP contribution in [0.4, 0.5) is 17.6 Å². The van der Waals surface area contributed by atoms with Crippen LogP contribution in [0.3, 0.4) is 0 Å². The Morgan fingerprint density at radius 3 is 2.63 bits per heavy atom. The molecule has 1 aliphatic heterocycles. The Morgan fingerprint density at radius 1 is 1.07 bits per heavy atom. The summed E-state index contributed by atoms with van der Waals surface area (Å²) in [5.74, 6) is 0.0618. The van der Waals surface area contributed by atoms with Gasteiger partial charge in [-0.1, -0.05) is 58.4 Å². The molecule has 13 nitrogen and oxygen atoms in total. The number of aliphatic hydroxyl groups excluding tert-OH is 3. The summed E-state index contributed by atoms with van der Waals surface area (Å²) in [6, 6.07) is 15.3. The van der Waals surface area contributed by atoms with E-state index < -0.39 is 31.1 Å².